The summed E-state index contributed by atoms with van der Waals surface area (Å²) in [4.78, 5) is 18.4. The molecular weight excluding hydrogens is 292 g/mol. The molecular formula is C15H17ClN2OS. The van der Waals surface area contributed by atoms with Crippen molar-refractivity contribution >= 4 is 40.0 Å². The molecule has 0 aliphatic heterocycles. The fourth-order valence-electron chi connectivity index (χ4n) is 2.00. The van der Waals surface area contributed by atoms with Crippen molar-refractivity contribution in [3.05, 3.63) is 41.2 Å². The van der Waals surface area contributed by atoms with Crippen molar-refractivity contribution in [2.75, 3.05) is 19.1 Å². The molecule has 0 saturated heterocycles. The molecule has 0 N–H and O–H groups in total. The molecule has 1 aromatic heterocycles. The molecule has 0 aliphatic rings. The van der Waals surface area contributed by atoms with Gasteiger partial charge in [0, 0.05) is 24.2 Å². The lowest BCUT2D eigenvalue weighted by Crippen LogP contribution is -2.37. The van der Waals surface area contributed by atoms with Crippen molar-refractivity contribution in [1.82, 2.24) is 9.88 Å². The van der Waals surface area contributed by atoms with Crippen LogP contribution in [0.4, 0.5) is 0 Å². The molecule has 0 radical (unpaired) electrons. The predicted molar refractivity (Wildman–Crippen MR) is 86.7 cm³/mol. The van der Waals surface area contributed by atoms with Crippen molar-refractivity contribution < 1.29 is 4.79 Å². The average molecular weight is 309 g/mol. The van der Waals surface area contributed by atoms with E-state index in [9.17, 15) is 4.79 Å². The van der Waals surface area contributed by atoms with Crippen LogP contribution in [0, 0.1) is 0 Å². The summed E-state index contributed by atoms with van der Waals surface area (Å²) in [5.41, 5.74) is 0.393. The average Bonchev–Trinajstić information content (AvgIpc) is 2.46. The largest absolute Gasteiger partial charge is 0.337 e. The molecule has 106 valence electrons. The van der Waals surface area contributed by atoms with Crippen LogP contribution < -0.4 is 0 Å². The monoisotopic (exact) mass is 308 g/mol. The highest BCUT2D eigenvalue weighted by Crippen LogP contribution is 2.23. The van der Waals surface area contributed by atoms with Gasteiger partial charge >= 0.3 is 0 Å². The maximum absolute atomic E-state index is 12.5. The lowest BCUT2D eigenvalue weighted by molar-refractivity contribution is 0.0752. The van der Waals surface area contributed by atoms with E-state index in [1.165, 1.54) is 0 Å². The van der Waals surface area contributed by atoms with Crippen LogP contribution in [0.25, 0.3) is 10.8 Å². The Morgan fingerprint density at radius 2 is 2.15 bits per heavy atom. The maximum atomic E-state index is 12.5. The van der Waals surface area contributed by atoms with Crippen molar-refractivity contribution in [1.29, 1.82) is 0 Å². The number of hydrogen-bond donors (Lipinski definition) is 0. The van der Waals surface area contributed by atoms with Crippen molar-refractivity contribution in [2.45, 2.75) is 13.0 Å². The lowest BCUT2D eigenvalue weighted by Gasteiger charge is -2.24. The molecule has 5 heteroatoms. The second-order valence-electron chi connectivity index (χ2n) is 4.74. The van der Waals surface area contributed by atoms with E-state index in [2.05, 4.69) is 4.98 Å². The van der Waals surface area contributed by atoms with Crippen LogP contribution in [0.5, 0.6) is 0 Å². The number of carbonyl (C=O) groups is 1. The molecule has 2 aromatic rings. The molecule has 1 aromatic carbocycles. The Labute approximate surface area is 128 Å². The van der Waals surface area contributed by atoms with Crippen molar-refractivity contribution in [2.24, 2.45) is 0 Å². The first kappa shape index (κ1) is 15.1. The standard InChI is InChI=1S/C15H17ClN2OS/c1-10(9-20-3)18(2)15(19)13-8-11-6-4-5-7-12(11)14(16)17-13/h4-8,10H,9H2,1-3H3. The van der Waals surface area contributed by atoms with Gasteiger partial charge < -0.3 is 4.90 Å². The summed E-state index contributed by atoms with van der Waals surface area (Å²) in [5.74, 6) is 0.794. The van der Waals surface area contributed by atoms with E-state index in [4.69, 9.17) is 11.6 Å². The maximum Gasteiger partial charge on any atom is 0.272 e. The molecule has 1 atom stereocenters. The minimum Gasteiger partial charge on any atom is -0.337 e. The van der Waals surface area contributed by atoms with Crippen LogP contribution in [0.15, 0.2) is 30.3 Å². The number of benzene rings is 1. The number of carbonyl (C=O) groups excluding carboxylic acids is 1. The Kier molecular flexibility index (Phi) is 4.89. The van der Waals surface area contributed by atoms with E-state index < -0.39 is 0 Å². The zero-order chi connectivity index (χ0) is 14.7. The highest BCUT2D eigenvalue weighted by atomic mass is 35.5. The highest BCUT2D eigenvalue weighted by Gasteiger charge is 2.19. The summed E-state index contributed by atoms with van der Waals surface area (Å²) in [7, 11) is 1.80. The van der Waals surface area contributed by atoms with Crippen molar-refractivity contribution in [3.63, 3.8) is 0 Å². The quantitative estimate of drug-likeness (QED) is 0.807. The van der Waals surface area contributed by atoms with Crippen LogP contribution in [0.2, 0.25) is 5.15 Å². The van der Waals surface area contributed by atoms with E-state index in [1.807, 2.05) is 37.4 Å². The van der Waals surface area contributed by atoms with Gasteiger partial charge in [-0.2, -0.15) is 11.8 Å². The van der Waals surface area contributed by atoms with Gasteiger partial charge in [-0.25, -0.2) is 4.98 Å². The number of nitrogens with zero attached hydrogens (tertiary/aromatic N) is 2. The summed E-state index contributed by atoms with van der Waals surface area (Å²) >= 11 is 7.88. The van der Waals surface area contributed by atoms with Gasteiger partial charge in [-0.15, -0.1) is 0 Å². The third-order valence-electron chi connectivity index (χ3n) is 3.30. The van der Waals surface area contributed by atoms with E-state index in [-0.39, 0.29) is 11.9 Å². The summed E-state index contributed by atoms with van der Waals surface area (Å²) in [6.45, 7) is 2.02. The Bertz CT molecular complexity index is 632. The minimum absolute atomic E-state index is 0.0980. The first-order chi connectivity index (χ1) is 9.54. The smallest absolute Gasteiger partial charge is 0.272 e. The number of rotatable bonds is 4. The van der Waals surface area contributed by atoms with Crippen LogP contribution in [0.3, 0.4) is 0 Å². The summed E-state index contributed by atoms with van der Waals surface area (Å²) in [6, 6.07) is 9.62. The second kappa shape index (κ2) is 6.46. The van der Waals surface area contributed by atoms with Gasteiger partial charge in [0.2, 0.25) is 0 Å². The summed E-state index contributed by atoms with van der Waals surface area (Å²) in [5, 5.41) is 2.17. The minimum atomic E-state index is -0.0980. The topological polar surface area (TPSA) is 33.2 Å². The van der Waals surface area contributed by atoms with Crippen molar-refractivity contribution in [3.8, 4) is 0 Å². The van der Waals surface area contributed by atoms with Gasteiger partial charge in [0.15, 0.2) is 0 Å². The van der Waals surface area contributed by atoms with Gasteiger partial charge in [0.25, 0.3) is 5.91 Å². The Balaban J connectivity index is 2.35. The molecule has 2 rings (SSSR count). The number of thioether (sulfide) groups is 1. The van der Waals surface area contributed by atoms with Crippen LogP contribution in [-0.2, 0) is 0 Å². The first-order valence-corrected chi connectivity index (χ1v) is 8.13. The van der Waals surface area contributed by atoms with E-state index in [0.717, 1.165) is 16.5 Å². The zero-order valence-corrected chi connectivity index (χ0v) is 13.3. The SMILES string of the molecule is CSCC(C)N(C)C(=O)c1cc2ccccc2c(Cl)n1. The predicted octanol–water partition coefficient (Wildman–Crippen LogP) is 3.71. The van der Waals surface area contributed by atoms with Gasteiger partial charge in [0.1, 0.15) is 10.8 Å². The van der Waals surface area contributed by atoms with Crippen LogP contribution in [0.1, 0.15) is 17.4 Å². The highest BCUT2D eigenvalue weighted by molar-refractivity contribution is 7.98. The number of aromatic nitrogens is 1. The molecule has 0 aliphatic carbocycles. The number of fused-ring (bicyclic) bond motifs is 1. The lowest BCUT2D eigenvalue weighted by atomic mass is 10.1. The number of halogens is 1. The third kappa shape index (κ3) is 3.07. The van der Waals surface area contributed by atoms with Gasteiger partial charge in [-0.3, -0.25) is 4.79 Å². The molecule has 0 spiro atoms. The molecule has 3 nitrogen and oxygen atoms in total. The van der Waals surface area contributed by atoms with Gasteiger partial charge in [-0.1, -0.05) is 35.9 Å². The molecule has 0 fully saturated rings. The molecule has 1 unspecified atom stereocenters. The molecule has 20 heavy (non-hydrogen) atoms. The third-order valence-corrected chi connectivity index (χ3v) is 4.41. The number of hydrogen-bond acceptors (Lipinski definition) is 3. The number of amides is 1. The number of pyridine rings is 1. The molecule has 0 bridgehead atoms. The fourth-order valence-corrected chi connectivity index (χ4v) is 2.97. The van der Waals surface area contributed by atoms with E-state index in [0.29, 0.717) is 10.8 Å². The van der Waals surface area contributed by atoms with Crippen LogP contribution >= 0.6 is 23.4 Å². The van der Waals surface area contributed by atoms with Crippen LogP contribution in [-0.4, -0.2) is 40.9 Å². The first-order valence-electron chi connectivity index (χ1n) is 6.36. The second-order valence-corrected chi connectivity index (χ2v) is 6.01. The summed E-state index contributed by atoms with van der Waals surface area (Å²) < 4.78 is 0. The van der Waals surface area contributed by atoms with Gasteiger partial charge in [0.05, 0.1) is 0 Å². The van der Waals surface area contributed by atoms with Gasteiger partial charge in [-0.05, 0) is 24.6 Å². The Hall–Kier alpha value is -1.26. The van der Waals surface area contributed by atoms with E-state index in [1.54, 1.807) is 29.8 Å². The Morgan fingerprint density at radius 3 is 2.85 bits per heavy atom. The molecule has 1 amide bonds. The molecule has 1 heterocycles. The summed E-state index contributed by atoms with van der Waals surface area (Å²) in [6.07, 6.45) is 2.03. The fraction of sp³-hybridized carbons (Fsp3) is 0.333. The normalized spacial score (nSPS) is 12.4. The molecule has 0 saturated carbocycles. The van der Waals surface area contributed by atoms with E-state index >= 15 is 0 Å². The Morgan fingerprint density at radius 1 is 1.45 bits per heavy atom. The zero-order valence-electron chi connectivity index (χ0n) is 11.8.